The summed E-state index contributed by atoms with van der Waals surface area (Å²) in [4.78, 5) is 8.76. The molecule has 0 aliphatic rings. The molecule has 156 valence electrons. The van der Waals surface area contributed by atoms with Crippen LogP contribution < -0.4 is 15.4 Å². The van der Waals surface area contributed by atoms with Crippen LogP contribution in [-0.2, 0) is 12.0 Å². The van der Waals surface area contributed by atoms with Crippen LogP contribution in [-0.4, -0.2) is 30.1 Å². The fourth-order valence-electron chi connectivity index (χ4n) is 2.26. The van der Waals surface area contributed by atoms with Crippen molar-refractivity contribution >= 4 is 29.9 Å². The highest BCUT2D eigenvalue weighted by molar-refractivity contribution is 14.0. The smallest absolute Gasteiger partial charge is 0.216 e. The predicted molar refractivity (Wildman–Crippen MR) is 120 cm³/mol. The highest BCUT2D eigenvalue weighted by Crippen LogP contribution is 2.22. The van der Waals surface area contributed by atoms with E-state index >= 15 is 0 Å². The second-order valence-corrected chi connectivity index (χ2v) is 7.30. The number of halogens is 2. The third-order valence-electron chi connectivity index (χ3n) is 3.73. The van der Waals surface area contributed by atoms with Gasteiger partial charge in [0.2, 0.25) is 5.89 Å². The highest BCUT2D eigenvalue weighted by Gasteiger charge is 2.19. The Kier molecular flexibility index (Phi) is 9.71. The topological polar surface area (TPSA) is 71.7 Å². The summed E-state index contributed by atoms with van der Waals surface area (Å²) in [6, 6.07) is 6.37. The number of aromatic nitrogens is 1. The minimum Gasteiger partial charge on any atom is -0.486 e. The first kappa shape index (κ1) is 24.2. The molecule has 28 heavy (non-hydrogen) atoms. The Bertz CT molecular complexity index is 759. The lowest BCUT2D eigenvalue weighted by molar-refractivity contribution is 0.214. The number of rotatable bonds is 7. The summed E-state index contributed by atoms with van der Waals surface area (Å²) in [6.45, 7) is 11.6. The predicted octanol–water partition coefficient (Wildman–Crippen LogP) is 4.25. The molecule has 2 aromatic rings. The lowest BCUT2D eigenvalue weighted by Gasteiger charge is -2.17. The number of aliphatic imine (C=N–C) groups is 1. The van der Waals surface area contributed by atoms with Crippen LogP contribution in [0.3, 0.4) is 0 Å². The second-order valence-electron chi connectivity index (χ2n) is 7.30. The Morgan fingerprint density at radius 3 is 2.61 bits per heavy atom. The molecule has 1 unspecified atom stereocenters. The molecule has 2 rings (SSSR count). The molecule has 0 aliphatic heterocycles. The molecule has 0 fully saturated rings. The average molecular weight is 504 g/mol. The third kappa shape index (κ3) is 7.65. The summed E-state index contributed by atoms with van der Waals surface area (Å²) in [6.07, 6.45) is 1.51. The zero-order valence-corrected chi connectivity index (χ0v) is 19.4. The van der Waals surface area contributed by atoms with Gasteiger partial charge in [0, 0.05) is 12.0 Å². The lowest BCUT2D eigenvalue weighted by Crippen LogP contribution is -2.41. The van der Waals surface area contributed by atoms with Gasteiger partial charge in [-0.25, -0.2) is 14.4 Å². The Hall–Kier alpha value is -1.84. The molecule has 1 atom stereocenters. The number of guanidine groups is 1. The normalized spacial score (nSPS) is 12.9. The summed E-state index contributed by atoms with van der Waals surface area (Å²) in [5.74, 6) is 1.88. The fourth-order valence-corrected chi connectivity index (χ4v) is 2.26. The molecule has 0 bridgehead atoms. The van der Waals surface area contributed by atoms with Gasteiger partial charge in [0.15, 0.2) is 17.5 Å². The van der Waals surface area contributed by atoms with Crippen LogP contribution in [0.1, 0.15) is 46.3 Å². The monoisotopic (exact) mass is 504 g/mol. The molecule has 0 saturated carbocycles. The first-order chi connectivity index (χ1) is 12.8. The number of para-hydroxylation sites is 1. The molecule has 0 aliphatic carbocycles. The van der Waals surface area contributed by atoms with Gasteiger partial charge in [-0.1, -0.05) is 32.9 Å². The Balaban J connectivity index is 0.00000392. The first-order valence-electron chi connectivity index (χ1n) is 9.18. The van der Waals surface area contributed by atoms with E-state index in [1.807, 2.05) is 13.8 Å². The zero-order valence-electron chi connectivity index (χ0n) is 17.1. The van der Waals surface area contributed by atoms with E-state index in [4.69, 9.17) is 9.15 Å². The van der Waals surface area contributed by atoms with Crippen LogP contribution in [0.15, 0.2) is 39.9 Å². The highest BCUT2D eigenvalue weighted by atomic mass is 127. The number of nitrogens with one attached hydrogen (secondary N) is 2. The lowest BCUT2D eigenvalue weighted by atomic mass is 9.94. The van der Waals surface area contributed by atoms with Gasteiger partial charge in [0.1, 0.15) is 18.4 Å². The van der Waals surface area contributed by atoms with Gasteiger partial charge >= 0.3 is 0 Å². The maximum atomic E-state index is 13.7. The largest absolute Gasteiger partial charge is 0.486 e. The molecule has 0 amide bonds. The van der Waals surface area contributed by atoms with E-state index in [9.17, 15) is 4.39 Å². The van der Waals surface area contributed by atoms with Crippen LogP contribution in [0.5, 0.6) is 5.75 Å². The Morgan fingerprint density at radius 1 is 1.29 bits per heavy atom. The van der Waals surface area contributed by atoms with E-state index in [0.717, 1.165) is 5.76 Å². The number of ether oxygens (including phenoxy) is 1. The molecule has 1 aromatic carbocycles. The van der Waals surface area contributed by atoms with Crippen molar-refractivity contribution in [2.45, 2.75) is 52.7 Å². The molecule has 0 saturated heterocycles. The second kappa shape index (κ2) is 11.2. The number of hydrogen-bond acceptors (Lipinski definition) is 4. The van der Waals surface area contributed by atoms with E-state index in [0.29, 0.717) is 31.5 Å². The molecule has 6 nitrogen and oxygen atoms in total. The van der Waals surface area contributed by atoms with E-state index in [-0.39, 0.29) is 47.1 Å². The van der Waals surface area contributed by atoms with Crippen LogP contribution >= 0.6 is 24.0 Å². The van der Waals surface area contributed by atoms with Gasteiger partial charge in [-0.2, -0.15) is 0 Å². The summed E-state index contributed by atoms with van der Waals surface area (Å²) < 4.78 is 25.0. The standard InChI is InChI=1S/C20H29FN4O2.HI/c1-6-22-19(25-13-18-23-12-17(27-18)20(3,4)5)24-11-14(2)26-16-10-8-7-9-15(16)21;/h7-10,12,14H,6,11,13H2,1-5H3,(H2,22,24,25);1H. The molecule has 0 radical (unpaired) electrons. The third-order valence-corrected chi connectivity index (χ3v) is 3.73. The van der Waals surface area contributed by atoms with Crippen molar-refractivity contribution in [3.8, 4) is 5.75 Å². The fraction of sp³-hybridized carbons (Fsp3) is 0.500. The summed E-state index contributed by atoms with van der Waals surface area (Å²) in [5, 5.41) is 6.35. The molecule has 1 heterocycles. The van der Waals surface area contributed by atoms with E-state index in [1.165, 1.54) is 6.07 Å². The SMILES string of the molecule is CCNC(=NCc1ncc(C(C)(C)C)o1)NCC(C)Oc1ccccc1F.I. The van der Waals surface area contributed by atoms with Gasteiger partial charge in [-0.3, -0.25) is 0 Å². The number of nitrogens with zero attached hydrogens (tertiary/aromatic N) is 2. The van der Waals surface area contributed by atoms with Gasteiger partial charge in [-0.05, 0) is 26.0 Å². The molecule has 8 heteroatoms. The summed E-state index contributed by atoms with van der Waals surface area (Å²) >= 11 is 0. The maximum absolute atomic E-state index is 13.7. The van der Waals surface area contributed by atoms with Crippen molar-refractivity contribution in [1.82, 2.24) is 15.6 Å². The summed E-state index contributed by atoms with van der Waals surface area (Å²) in [5.41, 5.74) is -0.0861. The maximum Gasteiger partial charge on any atom is 0.216 e. The zero-order chi connectivity index (χ0) is 19.9. The number of benzene rings is 1. The minimum absolute atomic E-state index is 0. The minimum atomic E-state index is -0.372. The van der Waals surface area contributed by atoms with E-state index in [2.05, 4.69) is 41.4 Å². The van der Waals surface area contributed by atoms with Crippen LogP contribution in [0, 0.1) is 5.82 Å². The van der Waals surface area contributed by atoms with Crippen molar-refractivity contribution < 1.29 is 13.5 Å². The van der Waals surface area contributed by atoms with Crippen LogP contribution in [0.2, 0.25) is 0 Å². The first-order valence-corrected chi connectivity index (χ1v) is 9.18. The quantitative estimate of drug-likeness (QED) is 0.335. The Morgan fingerprint density at radius 2 is 2.00 bits per heavy atom. The summed E-state index contributed by atoms with van der Waals surface area (Å²) in [7, 11) is 0. The van der Waals surface area contributed by atoms with Crippen molar-refractivity contribution in [2.75, 3.05) is 13.1 Å². The molecular formula is C20H30FIN4O2. The molecule has 2 N–H and O–H groups in total. The molecule has 0 spiro atoms. The number of hydrogen-bond donors (Lipinski definition) is 2. The van der Waals surface area contributed by atoms with Crippen LogP contribution in [0.4, 0.5) is 4.39 Å². The van der Waals surface area contributed by atoms with Gasteiger partial charge < -0.3 is 19.8 Å². The van der Waals surface area contributed by atoms with Crippen molar-refractivity contribution in [2.24, 2.45) is 4.99 Å². The average Bonchev–Trinajstić information content (AvgIpc) is 3.09. The van der Waals surface area contributed by atoms with E-state index < -0.39 is 0 Å². The van der Waals surface area contributed by atoms with Crippen molar-refractivity contribution in [1.29, 1.82) is 0 Å². The van der Waals surface area contributed by atoms with Crippen LogP contribution in [0.25, 0.3) is 0 Å². The van der Waals surface area contributed by atoms with Crippen molar-refractivity contribution in [3.05, 3.63) is 47.9 Å². The Labute approximate surface area is 183 Å². The van der Waals surface area contributed by atoms with Crippen molar-refractivity contribution in [3.63, 3.8) is 0 Å². The van der Waals surface area contributed by atoms with Gasteiger partial charge in [0.05, 0.1) is 12.7 Å². The number of oxazole rings is 1. The van der Waals surface area contributed by atoms with Gasteiger partial charge in [0.25, 0.3) is 0 Å². The van der Waals surface area contributed by atoms with Gasteiger partial charge in [-0.15, -0.1) is 24.0 Å². The van der Waals surface area contributed by atoms with E-state index in [1.54, 1.807) is 24.4 Å². The molecule has 1 aromatic heterocycles. The molecular weight excluding hydrogens is 474 g/mol.